The zero-order chi connectivity index (χ0) is 9.68. The Morgan fingerprint density at radius 3 is 2.62 bits per heavy atom. The molecule has 0 heterocycles. The van der Waals surface area contributed by atoms with E-state index in [0.29, 0.717) is 6.42 Å². The van der Waals surface area contributed by atoms with Gasteiger partial charge in [0.2, 0.25) is 0 Å². The SMILES string of the molecule is CC(S)CC(=O)OC1CCCCC1. The third-order valence-corrected chi connectivity index (χ3v) is 2.49. The van der Waals surface area contributed by atoms with Crippen LogP contribution in [0.1, 0.15) is 45.4 Å². The number of hydrogen-bond acceptors (Lipinski definition) is 3. The van der Waals surface area contributed by atoms with Crippen molar-refractivity contribution in [2.75, 3.05) is 0 Å². The van der Waals surface area contributed by atoms with Gasteiger partial charge in [0, 0.05) is 5.25 Å². The lowest BCUT2D eigenvalue weighted by molar-refractivity contribution is -0.150. The van der Waals surface area contributed by atoms with Gasteiger partial charge in [-0.05, 0) is 25.7 Å². The zero-order valence-corrected chi connectivity index (χ0v) is 9.06. The standard InChI is InChI=1S/C10H18O2S/c1-8(13)7-10(11)12-9-5-3-2-4-6-9/h8-9,13H,2-7H2,1H3. The molecule has 13 heavy (non-hydrogen) atoms. The van der Waals surface area contributed by atoms with Crippen LogP contribution in [0.15, 0.2) is 0 Å². The van der Waals surface area contributed by atoms with Crippen molar-refractivity contribution in [3.05, 3.63) is 0 Å². The lowest BCUT2D eigenvalue weighted by Gasteiger charge is -2.22. The van der Waals surface area contributed by atoms with E-state index in [1.807, 2.05) is 6.92 Å². The average Bonchev–Trinajstić information content (AvgIpc) is 2.04. The fraction of sp³-hybridized carbons (Fsp3) is 0.900. The van der Waals surface area contributed by atoms with Crippen LogP contribution in [0.2, 0.25) is 0 Å². The molecule has 1 rings (SSSR count). The highest BCUT2D eigenvalue weighted by Gasteiger charge is 2.17. The smallest absolute Gasteiger partial charge is 0.307 e. The van der Waals surface area contributed by atoms with E-state index >= 15 is 0 Å². The van der Waals surface area contributed by atoms with Crippen LogP contribution in [0, 0.1) is 0 Å². The van der Waals surface area contributed by atoms with Crippen LogP contribution in [0.5, 0.6) is 0 Å². The number of rotatable bonds is 3. The van der Waals surface area contributed by atoms with Crippen molar-refractivity contribution in [1.29, 1.82) is 0 Å². The van der Waals surface area contributed by atoms with E-state index < -0.39 is 0 Å². The first kappa shape index (κ1) is 10.9. The molecule has 0 radical (unpaired) electrons. The quantitative estimate of drug-likeness (QED) is 0.562. The molecule has 0 aromatic heterocycles. The maximum Gasteiger partial charge on any atom is 0.307 e. The predicted octanol–water partition coefficient (Wildman–Crippen LogP) is 2.57. The summed E-state index contributed by atoms with van der Waals surface area (Å²) in [6, 6.07) is 0. The van der Waals surface area contributed by atoms with Gasteiger partial charge < -0.3 is 4.74 Å². The van der Waals surface area contributed by atoms with Gasteiger partial charge in [-0.3, -0.25) is 4.79 Å². The molecule has 0 saturated heterocycles. The second kappa shape index (κ2) is 5.53. The van der Waals surface area contributed by atoms with E-state index in [9.17, 15) is 4.79 Å². The minimum absolute atomic E-state index is 0.0885. The molecule has 1 aliphatic carbocycles. The Balaban J connectivity index is 2.18. The number of carbonyl (C=O) groups excluding carboxylic acids is 1. The number of hydrogen-bond donors (Lipinski definition) is 1. The Bertz CT molecular complexity index is 162. The van der Waals surface area contributed by atoms with Gasteiger partial charge in [-0.25, -0.2) is 0 Å². The summed E-state index contributed by atoms with van der Waals surface area (Å²) in [4.78, 5) is 11.3. The molecule has 0 amide bonds. The molecular weight excluding hydrogens is 184 g/mol. The molecule has 0 bridgehead atoms. The molecule has 0 N–H and O–H groups in total. The Hall–Kier alpha value is -0.180. The molecule has 1 atom stereocenters. The average molecular weight is 202 g/mol. The lowest BCUT2D eigenvalue weighted by atomic mass is 9.98. The monoisotopic (exact) mass is 202 g/mol. The largest absolute Gasteiger partial charge is 0.462 e. The Kier molecular flexibility index (Phi) is 4.64. The van der Waals surface area contributed by atoms with Crippen LogP contribution in [-0.4, -0.2) is 17.3 Å². The van der Waals surface area contributed by atoms with Gasteiger partial charge in [0.25, 0.3) is 0 Å². The molecule has 3 heteroatoms. The zero-order valence-electron chi connectivity index (χ0n) is 8.16. The second-order valence-corrected chi connectivity index (χ2v) is 4.68. The van der Waals surface area contributed by atoms with Crippen molar-refractivity contribution in [3.8, 4) is 0 Å². The van der Waals surface area contributed by atoms with E-state index in [1.165, 1.54) is 19.3 Å². The van der Waals surface area contributed by atoms with Crippen molar-refractivity contribution >= 4 is 18.6 Å². The summed E-state index contributed by atoms with van der Waals surface area (Å²) in [6.07, 6.45) is 6.41. The minimum Gasteiger partial charge on any atom is -0.462 e. The number of carbonyl (C=O) groups is 1. The third kappa shape index (κ3) is 4.55. The summed E-state index contributed by atoms with van der Waals surface area (Å²) in [5, 5.41) is 0.107. The summed E-state index contributed by atoms with van der Waals surface area (Å²) in [5.41, 5.74) is 0. The van der Waals surface area contributed by atoms with Crippen LogP contribution in [0.4, 0.5) is 0 Å². The predicted molar refractivity (Wildman–Crippen MR) is 56.0 cm³/mol. The lowest BCUT2D eigenvalue weighted by Crippen LogP contribution is -2.22. The number of thiol groups is 1. The first-order chi connectivity index (χ1) is 6.18. The van der Waals surface area contributed by atoms with Crippen molar-refractivity contribution in [2.24, 2.45) is 0 Å². The van der Waals surface area contributed by atoms with Crippen LogP contribution < -0.4 is 0 Å². The molecule has 1 unspecified atom stereocenters. The molecule has 0 aliphatic heterocycles. The Labute approximate surface area is 85.4 Å². The van der Waals surface area contributed by atoms with Crippen molar-refractivity contribution < 1.29 is 9.53 Å². The van der Waals surface area contributed by atoms with E-state index in [-0.39, 0.29) is 17.3 Å². The van der Waals surface area contributed by atoms with Gasteiger partial charge in [0.1, 0.15) is 6.10 Å². The van der Waals surface area contributed by atoms with Crippen LogP contribution in [0.25, 0.3) is 0 Å². The van der Waals surface area contributed by atoms with Crippen molar-refractivity contribution in [2.45, 2.75) is 56.8 Å². The van der Waals surface area contributed by atoms with Gasteiger partial charge in [-0.1, -0.05) is 13.3 Å². The van der Waals surface area contributed by atoms with Gasteiger partial charge >= 0.3 is 5.97 Å². The fourth-order valence-electron chi connectivity index (χ4n) is 1.66. The molecular formula is C10H18O2S. The van der Waals surface area contributed by atoms with Crippen molar-refractivity contribution in [3.63, 3.8) is 0 Å². The third-order valence-electron chi connectivity index (χ3n) is 2.31. The summed E-state index contributed by atoms with van der Waals surface area (Å²) < 4.78 is 5.31. The van der Waals surface area contributed by atoms with E-state index in [1.54, 1.807) is 0 Å². The maximum atomic E-state index is 11.3. The maximum absolute atomic E-state index is 11.3. The van der Waals surface area contributed by atoms with E-state index in [2.05, 4.69) is 12.6 Å². The molecule has 2 nitrogen and oxygen atoms in total. The Morgan fingerprint density at radius 1 is 1.46 bits per heavy atom. The molecule has 76 valence electrons. The molecule has 0 spiro atoms. The highest BCUT2D eigenvalue weighted by atomic mass is 32.1. The van der Waals surface area contributed by atoms with E-state index in [0.717, 1.165) is 12.8 Å². The second-order valence-electron chi connectivity index (χ2n) is 3.80. The van der Waals surface area contributed by atoms with Gasteiger partial charge in [-0.15, -0.1) is 0 Å². The minimum atomic E-state index is -0.0885. The highest BCUT2D eigenvalue weighted by Crippen LogP contribution is 2.20. The molecule has 0 aromatic rings. The number of esters is 1. The Morgan fingerprint density at radius 2 is 2.08 bits per heavy atom. The summed E-state index contributed by atoms with van der Waals surface area (Å²) in [6.45, 7) is 1.91. The first-order valence-corrected chi connectivity index (χ1v) is 5.57. The van der Waals surface area contributed by atoms with E-state index in [4.69, 9.17) is 4.74 Å². The normalized spacial score (nSPS) is 21.1. The van der Waals surface area contributed by atoms with Gasteiger partial charge in [0.05, 0.1) is 6.42 Å². The topological polar surface area (TPSA) is 26.3 Å². The fourth-order valence-corrected chi connectivity index (χ4v) is 1.81. The van der Waals surface area contributed by atoms with Crippen molar-refractivity contribution in [1.82, 2.24) is 0 Å². The molecule has 0 aromatic carbocycles. The molecule has 1 saturated carbocycles. The highest BCUT2D eigenvalue weighted by molar-refractivity contribution is 7.80. The van der Waals surface area contributed by atoms with Gasteiger partial charge in [-0.2, -0.15) is 12.6 Å². The molecule has 1 aliphatic rings. The summed E-state index contributed by atoms with van der Waals surface area (Å²) in [5.74, 6) is -0.0885. The number of ether oxygens (including phenoxy) is 1. The molecule has 1 fully saturated rings. The summed E-state index contributed by atoms with van der Waals surface area (Å²) in [7, 11) is 0. The first-order valence-electron chi connectivity index (χ1n) is 5.06. The summed E-state index contributed by atoms with van der Waals surface area (Å²) >= 11 is 4.15. The van der Waals surface area contributed by atoms with Crippen LogP contribution >= 0.6 is 12.6 Å². The van der Waals surface area contributed by atoms with Gasteiger partial charge in [0.15, 0.2) is 0 Å². The van der Waals surface area contributed by atoms with Crippen LogP contribution in [-0.2, 0) is 9.53 Å². The van der Waals surface area contributed by atoms with Crippen LogP contribution in [0.3, 0.4) is 0 Å².